The first-order valence-corrected chi connectivity index (χ1v) is 6.68. The summed E-state index contributed by atoms with van der Waals surface area (Å²) in [6, 6.07) is 1.65. The maximum Gasteiger partial charge on any atom is 0.346 e. The summed E-state index contributed by atoms with van der Waals surface area (Å²) in [6.07, 6.45) is 4.78. The number of aliphatic carboxylic acids is 1. The molecule has 0 spiro atoms. The number of rotatable bonds is 11. The van der Waals surface area contributed by atoms with E-state index < -0.39 is 5.97 Å². The topological polar surface area (TPSA) is 79.5 Å². The molecule has 108 valence electrons. The lowest BCUT2D eigenvalue weighted by atomic mass is 10.2. The Bertz CT molecular complexity index is 320. The minimum atomic E-state index is -1.17. The van der Waals surface area contributed by atoms with E-state index in [-0.39, 0.29) is 11.7 Å². The van der Waals surface area contributed by atoms with Gasteiger partial charge in [0, 0.05) is 13.2 Å². The third-order valence-electron chi connectivity index (χ3n) is 2.60. The van der Waals surface area contributed by atoms with Gasteiger partial charge in [0.2, 0.25) is 0 Å². The predicted molar refractivity (Wildman–Crippen MR) is 71.7 cm³/mol. The molecule has 0 aliphatic heterocycles. The number of nitrogens with zero attached hydrogens (tertiary/aromatic N) is 1. The monoisotopic (exact) mass is 269 g/mol. The summed E-state index contributed by atoms with van der Waals surface area (Å²) < 4.78 is 10.9. The Morgan fingerprint density at radius 1 is 1.42 bits per heavy atom. The van der Waals surface area contributed by atoms with Gasteiger partial charge >= 0.3 is 5.97 Å². The zero-order chi connectivity index (χ0) is 14.5. The molecule has 5 nitrogen and oxygen atoms in total. The molecule has 0 amide bonds. The van der Waals surface area contributed by atoms with Gasteiger partial charge in [0.25, 0.3) is 0 Å². The lowest BCUT2D eigenvalue weighted by Crippen LogP contribution is -2.19. The lowest BCUT2D eigenvalue weighted by Gasteiger charge is -2.14. The van der Waals surface area contributed by atoms with E-state index in [1.54, 1.807) is 6.07 Å². The Kier molecular flexibility index (Phi) is 10.8. The number of hydrogen-bond acceptors (Lipinski definition) is 4. The fraction of sp³-hybridized carbons (Fsp3) is 0.714. The molecule has 19 heavy (non-hydrogen) atoms. The molecule has 0 saturated heterocycles. The molecule has 0 aromatic heterocycles. The van der Waals surface area contributed by atoms with Crippen LogP contribution in [0.15, 0.2) is 11.6 Å². The molecule has 0 bridgehead atoms. The molecule has 0 aromatic rings. The fourth-order valence-electron chi connectivity index (χ4n) is 1.51. The molecular weight excluding hydrogens is 246 g/mol. The van der Waals surface area contributed by atoms with Gasteiger partial charge in [0.15, 0.2) is 0 Å². The van der Waals surface area contributed by atoms with Crippen molar-refractivity contribution in [3.63, 3.8) is 0 Å². The third kappa shape index (κ3) is 9.23. The van der Waals surface area contributed by atoms with E-state index in [9.17, 15) is 4.79 Å². The Balaban J connectivity index is 3.61. The Morgan fingerprint density at radius 3 is 2.68 bits per heavy atom. The second-order valence-corrected chi connectivity index (χ2v) is 4.09. The second-order valence-electron chi connectivity index (χ2n) is 4.09. The summed E-state index contributed by atoms with van der Waals surface area (Å²) >= 11 is 0. The molecule has 0 rings (SSSR count). The summed E-state index contributed by atoms with van der Waals surface area (Å²) in [5.74, 6) is -1.17. The van der Waals surface area contributed by atoms with Crippen LogP contribution in [-0.2, 0) is 14.3 Å². The molecule has 0 fully saturated rings. The standard InChI is InChI=1S/C14H23NO4/c1-3-13(19-4-2)11-18-9-7-5-6-8-12(10-15)14(16)17/h8,13H,3-7,9,11H2,1-2H3,(H,16,17). The van der Waals surface area contributed by atoms with E-state index in [0.717, 1.165) is 19.3 Å². The van der Waals surface area contributed by atoms with Crippen LogP contribution in [0, 0.1) is 11.3 Å². The van der Waals surface area contributed by atoms with Crippen LogP contribution < -0.4 is 0 Å². The van der Waals surface area contributed by atoms with Gasteiger partial charge in [-0.1, -0.05) is 13.0 Å². The maximum absolute atomic E-state index is 10.5. The summed E-state index contributed by atoms with van der Waals surface area (Å²) in [4.78, 5) is 10.5. The van der Waals surface area contributed by atoms with Crippen molar-refractivity contribution < 1.29 is 19.4 Å². The van der Waals surface area contributed by atoms with E-state index in [1.165, 1.54) is 6.08 Å². The van der Waals surface area contributed by atoms with Crippen LogP contribution in [0.5, 0.6) is 0 Å². The summed E-state index contributed by atoms with van der Waals surface area (Å²) in [6.45, 7) is 5.94. The number of carbonyl (C=O) groups is 1. The van der Waals surface area contributed by atoms with Crippen molar-refractivity contribution in [2.75, 3.05) is 19.8 Å². The SMILES string of the molecule is CCOC(CC)COCCCCC=C(C#N)C(=O)O. The van der Waals surface area contributed by atoms with Crippen LogP contribution in [0.1, 0.15) is 39.5 Å². The molecule has 5 heteroatoms. The quantitative estimate of drug-likeness (QED) is 0.354. The van der Waals surface area contributed by atoms with Gasteiger partial charge < -0.3 is 14.6 Å². The van der Waals surface area contributed by atoms with Crippen molar-refractivity contribution >= 4 is 5.97 Å². The molecule has 0 radical (unpaired) electrons. The van der Waals surface area contributed by atoms with Crippen LogP contribution in [0.3, 0.4) is 0 Å². The first kappa shape index (κ1) is 17.6. The Morgan fingerprint density at radius 2 is 2.16 bits per heavy atom. The Hall–Kier alpha value is -1.38. The Labute approximate surface area is 114 Å². The molecule has 1 unspecified atom stereocenters. The van der Waals surface area contributed by atoms with Gasteiger partial charge in [-0.25, -0.2) is 4.79 Å². The zero-order valence-corrected chi connectivity index (χ0v) is 11.7. The minimum Gasteiger partial charge on any atom is -0.477 e. The van der Waals surface area contributed by atoms with Crippen LogP contribution in [0.25, 0.3) is 0 Å². The van der Waals surface area contributed by atoms with Gasteiger partial charge in [-0.3, -0.25) is 0 Å². The number of unbranched alkanes of at least 4 members (excludes halogenated alkanes) is 2. The van der Waals surface area contributed by atoms with Gasteiger partial charge in [-0.2, -0.15) is 5.26 Å². The lowest BCUT2D eigenvalue weighted by molar-refractivity contribution is -0.132. The van der Waals surface area contributed by atoms with Crippen LogP contribution >= 0.6 is 0 Å². The zero-order valence-electron chi connectivity index (χ0n) is 11.7. The molecule has 0 aromatic carbocycles. The predicted octanol–water partition coefficient (Wildman–Crippen LogP) is 2.52. The van der Waals surface area contributed by atoms with E-state index in [0.29, 0.717) is 26.2 Å². The van der Waals surface area contributed by atoms with Crippen molar-refractivity contribution in [1.29, 1.82) is 5.26 Å². The first-order chi connectivity index (χ1) is 9.15. The number of carboxylic acid groups (broad SMARTS) is 1. The van der Waals surface area contributed by atoms with Crippen molar-refractivity contribution in [2.24, 2.45) is 0 Å². The average molecular weight is 269 g/mol. The normalized spacial score (nSPS) is 13.0. The number of carboxylic acids is 1. The van der Waals surface area contributed by atoms with Crippen molar-refractivity contribution in [3.05, 3.63) is 11.6 Å². The number of nitriles is 1. The van der Waals surface area contributed by atoms with Crippen LogP contribution in [0.2, 0.25) is 0 Å². The van der Waals surface area contributed by atoms with Gasteiger partial charge in [0.1, 0.15) is 11.6 Å². The number of ether oxygens (including phenoxy) is 2. The van der Waals surface area contributed by atoms with Gasteiger partial charge in [-0.15, -0.1) is 0 Å². The van der Waals surface area contributed by atoms with Gasteiger partial charge in [-0.05, 0) is 32.6 Å². The highest BCUT2D eigenvalue weighted by Crippen LogP contribution is 2.03. The van der Waals surface area contributed by atoms with Crippen molar-refractivity contribution in [2.45, 2.75) is 45.6 Å². The van der Waals surface area contributed by atoms with Crippen molar-refractivity contribution in [1.82, 2.24) is 0 Å². The second kappa shape index (κ2) is 11.7. The number of hydrogen-bond donors (Lipinski definition) is 1. The molecular formula is C14H23NO4. The van der Waals surface area contributed by atoms with E-state index in [1.807, 2.05) is 6.92 Å². The summed E-state index contributed by atoms with van der Waals surface area (Å²) in [5, 5.41) is 17.2. The summed E-state index contributed by atoms with van der Waals surface area (Å²) in [5.41, 5.74) is -0.191. The first-order valence-electron chi connectivity index (χ1n) is 6.68. The largest absolute Gasteiger partial charge is 0.477 e. The maximum atomic E-state index is 10.5. The smallest absolute Gasteiger partial charge is 0.346 e. The molecule has 0 heterocycles. The van der Waals surface area contributed by atoms with E-state index in [4.69, 9.17) is 19.8 Å². The average Bonchev–Trinajstić information content (AvgIpc) is 2.40. The highest BCUT2D eigenvalue weighted by Gasteiger charge is 2.05. The van der Waals surface area contributed by atoms with Gasteiger partial charge in [0.05, 0.1) is 12.7 Å². The highest BCUT2D eigenvalue weighted by atomic mass is 16.5. The number of allylic oxidation sites excluding steroid dienone is 1. The van der Waals surface area contributed by atoms with Crippen molar-refractivity contribution in [3.8, 4) is 6.07 Å². The minimum absolute atomic E-state index is 0.155. The molecule has 0 aliphatic rings. The molecule has 1 atom stereocenters. The van der Waals surface area contributed by atoms with Crippen LogP contribution in [0.4, 0.5) is 0 Å². The molecule has 0 saturated carbocycles. The summed E-state index contributed by atoms with van der Waals surface area (Å²) in [7, 11) is 0. The third-order valence-corrected chi connectivity index (χ3v) is 2.60. The highest BCUT2D eigenvalue weighted by molar-refractivity contribution is 5.90. The van der Waals surface area contributed by atoms with E-state index >= 15 is 0 Å². The van der Waals surface area contributed by atoms with E-state index in [2.05, 4.69) is 6.92 Å². The van der Waals surface area contributed by atoms with Crippen LogP contribution in [-0.4, -0.2) is 37.0 Å². The fourth-order valence-corrected chi connectivity index (χ4v) is 1.51. The molecule has 1 N–H and O–H groups in total. The molecule has 0 aliphatic carbocycles.